The summed E-state index contributed by atoms with van der Waals surface area (Å²) in [5.74, 6) is 0.936. The molecular formula is C14H12ClN3. The number of imidazole rings is 1. The second kappa shape index (κ2) is 4.35. The number of fused-ring (bicyclic) bond motifs is 1. The molecule has 0 saturated carbocycles. The minimum Gasteiger partial charge on any atom is -0.398 e. The Morgan fingerprint density at radius 1 is 1.17 bits per heavy atom. The van der Waals surface area contributed by atoms with Crippen LogP contribution < -0.4 is 5.73 Å². The molecule has 0 fully saturated rings. The van der Waals surface area contributed by atoms with E-state index < -0.39 is 0 Å². The first kappa shape index (κ1) is 11.1. The largest absolute Gasteiger partial charge is 0.398 e. The minimum absolute atomic E-state index is 0.692. The van der Waals surface area contributed by atoms with E-state index in [2.05, 4.69) is 4.98 Å². The van der Waals surface area contributed by atoms with Crippen molar-refractivity contribution in [3.8, 4) is 0 Å². The summed E-state index contributed by atoms with van der Waals surface area (Å²) in [7, 11) is 0. The molecule has 4 heteroatoms. The molecule has 2 aromatic heterocycles. The number of nitrogens with two attached hydrogens (primary N) is 1. The first-order chi connectivity index (χ1) is 8.74. The molecule has 0 unspecified atom stereocenters. The van der Waals surface area contributed by atoms with Crippen LogP contribution in [0.1, 0.15) is 11.4 Å². The van der Waals surface area contributed by atoms with Crippen molar-refractivity contribution in [2.24, 2.45) is 0 Å². The van der Waals surface area contributed by atoms with Gasteiger partial charge in [-0.05, 0) is 23.8 Å². The minimum atomic E-state index is 0.692. The molecule has 0 aliphatic carbocycles. The first-order valence-electron chi connectivity index (χ1n) is 5.69. The van der Waals surface area contributed by atoms with Gasteiger partial charge in [0.15, 0.2) is 0 Å². The zero-order valence-electron chi connectivity index (χ0n) is 9.68. The van der Waals surface area contributed by atoms with Crippen LogP contribution >= 0.6 is 11.6 Å². The third kappa shape index (κ3) is 1.93. The molecule has 18 heavy (non-hydrogen) atoms. The fourth-order valence-corrected chi connectivity index (χ4v) is 2.21. The molecule has 0 atom stereocenters. The molecule has 0 saturated heterocycles. The summed E-state index contributed by atoms with van der Waals surface area (Å²) in [5.41, 5.74) is 8.62. The van der Waals surface area contributed by atoms with Crippen LogP contribution in [0.4, 0.5) is 5.69 Å². The maximum atomic E-state index is 6.16. The molecular weight excluding hydrogens is 246 g/mol. The monoisotopic (exact) mass is 257 g/mol. The lowest BCUT2D eigenvalue weighted by atomic mass is 10.1. The Bertz CT molecular complexity index is 703. The third-order valence-corrected chi connectivity index (χ3v) is 3.30. The van der Waals surface area contributed by atoms with E-state index in [4.69, 9.17) is 17.3 Å². The van der Waals surface area contributed by atoms with Crippen molar-refractivity contribution in [3.63, 3.8) is 0 Å². The summed E-state index contributed by atoms with van der Waals surface area (Å²) in [5, 5.41) is 0.762. The molecule has 2 N–H and O–H groups in total. The van der Waals surface area contributed by atoms with Crippen LogP contribution in [0.2, 0.25) is 5.02 Å². The maximum absolute atomic E-state index is 6.16. The second-order valence-corrected chi connectivity index (χ2v) is 4.61. The van der Waals surface area contributed by atoms with Gasteiger partial charge in [0.25, 0.3) is 0 Å². The molecule has 2 heterocycles. The highest BCUT2D eigenvalue weighted by atomic mass is 35.5. The second-order valence-electron chi connectivity index (χ2n) is 4.20. The van der Waals surface area contributed by atoms with Gasteiger partial charge in [-0.3, -0.25) is 0 Å². The zero-order valence-corrected chi connectivity index (χ0v) is 10.4. The van der Waals surface area contributed by atoms with Crippen LogP contribution in [0.5, 0.6) is 0 Å². The van der Waals surface area contributed by atoms with E-state index in [1.54, 1.807) is 0 Å². The van der Waals surface area contributed by atoms with Gasteiger partial charge in [-0.1, -0.05) is 29.8 Å². The first-order valence-corrected chi connectivity index (χ1v) is 6.07. The molecule has 0 amide bonds. The zero-order chi connectivity index (χ0) is 12.5. The number of rotatable bonds is 2. The van der Waals surface area contributed by atoms with Crippen LogP contribution in [0.25, 0.3) is 5.52 Å². The van der Waals surface area contributed by atoms with E-state index in [0.717, 1.165) is 27.6 Å². The van der Waals surface area contributed by atoms with Gasteiger partial charge >= 0.3 is 0 Å². The molecule has 3 aromatic rings. The molecule has 0 spiro atoms. The van der Waals surface area contributed by atoms with Crippen LogP contribution in [0.15, 0.2) is 48.8 Å². The van der Waals surface area contributed by atoms with Crippen molar-refractivity contribution >= 4 is 22.8 Å². The number of benzene rings is 1. The smallest absolute Gasteiger partial charge is 0.117 e. The molecule has 0 bridgehead atoms. The summed E-state index contributed by atoms with van der Waals surface area (Å²) in [6, 6.07) is 11.6. The van der Waals surface area contributed by atoms with Crippen molar-refractivity contribution in [2.45, 2.75) is 6.42 Å². The highest BCUT2D eigenvalue weighted by molar-refractivity contribution is 6.31. The van der Waals surface area contributed by atoms with Gasteiger partial charge < -0.3 is 10.1 Å². The van der Waals surface area contributed by atoms with Crippen molar-refractivity contribution in [3.05, 3.63) is 65.2 Å². The Balaban J connectivity index is 2.05. The summed E-state index contributed by atoms with van der Waals surface area (Å²) < 4.78 is 2.00. The standard InChI is InChI=1S/C14H12ClN3/c15-13-4-2-1-3-10(13)7-14-17-8-12-6-5-11(16)9-18(12)14/h1-6,8-9H,7,16H2. The van der Waals surface area contributed by atoms with Crippen LogP contribution in [-0.4, -0.2) is 9.38 Å². The number of anilines is 1. The fourth-order valence-electron chi connectivity index (χ4n) is 2.00. The summed E-state index contributed by atoms with van der Waals surface area (Å²) in [6.45, 7) is 0. The number of halogens is 1. The lowest BCUT2D eigenvalue weighted by Gasteiger charge is -2.04. The highest BCUT2D eigenvalue weighted by Crippen LogP contribution is 2.19. The van der Waals surface area contributed by atoms with E-state index >= 15 is 0 Å². The third-order valence-electron chi connectivity index (χ3n) is 2.93. The molecule has 90 valence electrons. The summed E-state index contributed by atoms with van der Waals surface area (Å²) in [6.07, 6.45) is 4.41. The SMILES string of the molecule is Nc1ccc2cnc(Cc3ccccc3Cl)n2c1. The number of hydrogen-bond acceptors (Lipinski definition) is 2. The normalized spacial score (nSPS) is 10.9. The highest BCUT2D eigenvalue weighted by Gasteiger charge is 2.07. The lowest BCUT2D eigenvalue weighted by molar-refractivity contribution is 0.963. The molecule has 0 aliphatic heterocycles. The number of pyridine rings is 1. The van der Waals surface area contributed by atoms with Crippen LogP contribution in [-0.2, 0) is 6.42 Å². The van der Waals surface area contributed by atoms with E-state index in [1.807, 2.05) is 53.2 Å². The number of nitrogens with zero attached hydrogens (tertiary/aromatic N) is 2. The average molecular weight is 258 g/mol. The van der Waals surface area contributed by atoms with Gasteiger partial charge in [0.2, 0.25) is 0 Å². The summed E-state index contributed by atoms with van der Waals surface area (Å²) >= 11 is 6.16. The van der Waals surface area contributed by atoms with E-state index in [0.29, 0.717) is 6.42 Å². The van der Waals surface area contributed by atoms with Crippen LogP contribution in [0, 0.1) is 0 Å². The van der Waals surface area contributed by atoms with Crippen molar-refractivity contribution in [1.29, 1.82) is 0 Å². The average Bonchev–Trinajstić information content (AvgIpc) is 2.75. The van der Waals surface area contributed by atoms with E-state index in [-0.39, 0.29) is 0 Å². The predicted molar refractivity (Wildman–Crippen MR) is 73.9 cm³/mol. The molecule has 3 rings (SSSR count). The Morgan fingerprint density at radius 2 is 2.00 bits per heavy atom. The van der Waals surface area contributed by atoms with Crippen molar-refractivity contribution in [2.75, 3.05) is 5.73 Å². The summed E-state index contributed by atoms with van der Waals surface area (Å²) in [4.78, 5) is 4.42. The number of hydrogen-bond donors (Lipinski definition) is 1. The molecule has 0 radical (unpaired) electrons. The Morgan fingerprint density at radius 3 is 2.83 bits per heavy atom. The topological polar surface area (TPSA) is 43.3 Å². The number of aromatic nitrogens is 2. The Hall–Kier alpha value is -2.00. The molecule has 1 aromatic carbocycles. The Labute approximate surface area is 110 Å². The van der Waals surface area contributed by atoms with E-state index in [9.17, 15) is 0 Å². The number of nitrogen functional groups attached to an aromatic ring is 1. The van der Waals surface area contributed by atoms with Crippen LogP contribution in [0.3, 0.4) is 0 Å². The fraction of sp³-hybridized carbons (Fsp3) is 0.0714. The maximum Gasteiger partial charge on any atom is 0.117 e. The van der Waals surface area contributed by atoms with Gasteiger partial charge in [-0.15, -0.1) is 0 Å². The van der Waals surface area contributed by atoms with Crippen molar-refractivity contribution < 1.29 is 0 Å². The van der Waals surface area contributed by atoms with Gasteiger partial charge in [0.1, 0.15) is 5.82 Å². The lowest BCUT2D eigenvalue weighted by Crippen LogP contribution is -1.98. The quantitative estimate of drug-likeness (QED) is 0.766. The van der Waals surface area contributed by atoms with Gasteiger partial charge in [-0.25, -0.2) is 4.98 Å². The molecule has 0 aliphatic rings. The molecule has 3 nitrogen and oxygen atoms in total. The van der Waals surface area contributed by atoms with Gasteiger partial charge in [-0.2, -0.15) is 0 Å². The van der Waals surface area contributed by atoms with Gasteiger partial charge in [0, 0.05) is 23.3 Å². The van der Waals surface area contributed by atoms with E-state index in [1.165, 1.54) is 0 Å². The Kier molecular flexibility index (Phi) is 2.68. The predicted octanol–water partition coefficient (Wildman–Crippen LogP) is 3.16. The van der Waals surface area contributed by atoms with Crippen molar-refractivity contribution in [1.82, 2.24) is 9.38 Å². The van der Waals surface area contributed by atoms with Gasteiger partial charge in [0.05, 0.1) is 11.7 Å².